The van der Waals surface area contributed by atoms with Gasteiger partial charge in [-0.3, -0.25) is 0 Å². The van der Waals surface area contributed by atoms with E-state index < -0.39 is 17.8 Å². The highest BCUT2D eigenvalue weighted by Gasteiger charge is 2.39. The molecule has 2 aromatic rings. The lowest BCUT2D eigenvalue weighted by atomic mass is 9.73. The Balaban J connectivity index is 1.70. The fourth-order valence-corrected chi connectivity index (χ4v) is 3.79. The molecule has 2 atom stereocenters. The molecule has 0 amide bonds. The lowest BCUT2D eigenvalue weighted by Gasteiger charge is -2.40. The molecule has 1 fully saturated rings. The zero-order valence-corrected chi connectivity index (χ0v) is 17.5. The van der Waals surface area contributed by atoms with E-state index in [1.165, 1.54) is 0 Å². The number of alkyl halides is 3. The van der Waals surface area contributed by atoms with E-state index in [0.29, 0.717) is 37.8 Å². The van der Waals surface area contributed by atoms with E-state index in [9.17, 15) is 18.3 Å². The number of aliphatic hydroxyl groups excluding tert-OH is 1. The predicted molar refractivity (Wildman–Crippen MR) is 111 cm³/mol. The summed E-state index contributed by atoms with van der Waals surface area (Å²) < 4.78 is 40.4. The van der Waals surface area contributed by atoms with Crippen LogP contribution in [0.25, 0.3) is 0 Å². The van der Waals surface area contributed by atoms with Gasteiger partial charge in [0.2, 0.25) is 5.95 Å². The van der Waals surface area contributed by atoms with E-state index in [-0.39, 0.29) is 23.2 Å². The summed E-state index contributed by atoms with van der Waals surface area (Å²) in [5.74, 6) is -0.139. The van der Waals surface area contributed by atoms with Gasteiger partial charge in [-0.15, -0.1) is 0 Å². The molecule has 3 N–H and O–H groups in total. The first-order chi connectivity index (χ1) is 14.6. The summed E-state index contributed by atoms with van der Waals surface area (Å²) >= 11 is 0. The molecule has 9 heteroatoms. The highest BCUT2D eigenvalue weighted by Crippen LogP contribution is 2.39. The van der Waals surface area contributed by atoms with Gasteiger partial charge in [0.1, 0.15) is 11.4 Å². The van der Waals surface area contributed by atoms with Gasteiger partial charge >= 0.3 is 6.18 Å². The van der Waals surface area contributed by atoms with Crippen molar-refractivity contribution < 1.29 is 18.3 Å². The number of aromatic nitrogens is 2. The molecule has 0 radical (unpaired) electrons. The van der Waals surface area contributed by atoms with Gasteiger partial charge in [-0.05, 0) is 48.8 Å². The average molecular weight is 433 g/mol. The lowest BCUT2D eigenvalue weighted by Crippen LogP contribution is -2.41. The monoisotopic (exact) mass is 433 g/mol. The molecule has 31 heavy (non-hydrogen) atoms. The van der Waals surface area contributed by atoms with Crippen LogP contribution in [-0.2, 0) is 12.6 Å². The molecule has 1 aliphatic rings. The molecular formula is C22H26F3N5O. The van der Waals surface area contributed by atoms with Crippen molar-refractivity contribution in [1.82, 2.24) is 9.97 Å². The van der Waals surface area contributed by atoms with Gasteiger partial charge < -0.3 is 15.7 Å². The molecule has 1 aromatic heterocycles. The zero-order chi connectivity index (χ0) is 22.6. The van der Waals surface area contributed by atoms with Gasteiger partial charge in [-0.25, -0.2) is 4.98 Å². The Bertz CT molecular complexity index is 938. The Kier molecular flexibility index (Phi) is 6.70. The number of nitrogens with one attached hydrogen (secondary N) is 2. The Morgan fingerprint density at radius 1 is 1.23 bits per heavy atom. The summed E-state index contributed by atoms with van der Waals surface area (Å²) in [5, 5.41) is 24.9. The van der Waals surface area contributed by atoms with E-state index in [0.717, 1.165) is 11.8 Å². The molecule has 0 unspecified atom stereocenters. The number of hydrogen-bond acceptors (Lipinski definition) is 6. The molecule has 1 aromatic carbocycles. The lowest BCUT2D eigenvalue weighted by molar-refractivity contribution is -0.137. The molecule has 0 bridgehead atoms. The van der Waals surface area contributed by atoms with Crippen molar-refractivity contribution in [2.24, 2.45) is 5.41 Å². The van der Waals surface area contributed by atoms with Gasteiger partial charge in [-0.1, -0.05) is 26.0 Å². The number of rotatable bonds is 6. The largest absolute Gasteiger partial charge is 0.421 e. The minimum Gasteiger partial charge on any atom is -0.393 e. The van der Waals surface area contributed by atoms with Gasteiger partial charge in [0, 0.05) is 18.8 Å². The topological polar surface area (TPSA) is 93.9 Å². The number of hydrogen-bond donors (Lipinski definition) is 3. The number of benzene rings is 1. The summed E-state index contributed by atoms with van der Waals surface area (Å²) in [6.45, 7) is 4.25. The van der Waals surface area contributed by atoms with E-state index >= 15 is 0 Å². The van der Waals surface area contributed by atoms with Crippen molar-refractivity contribution in [2.75, 3.05) is 17.2 Å². The normalized spacial score (nSPS) is 20.7. The minimum absolute atomic E-state index is 0.110. The van der Waals surface area contributed by atoms with E-state index in [4.69, 9.17) is 5.26 Å². The number of aliphatic hydroxyl groups is 1. The summed E-state index contributed by atoms with van der Waals surface area (Å²) in [7, 11) is 0. The van der Waals surface area contributed by atoms with E-state index in [2.05, 4.69) is 26.7 Å². The fraction of sp³-hybridized carbons (Fsp3) is 0.500. The third-order valence-corrected chi connectivity index (χ3v) is 5.68. The van der Waals surface area contributed by atoms with Crippen LogP contribution in [0.4, 0.5) is 24.9 Å². The molecule has 1 aliphatic carbocycles. The second-order valence-corrected chi connectivity index (χ2v) is 8.57. The van der Waals surface area contributed by atoms with Crippen molar-refractivity contribution in [1.29, 1.82) is 5.26 Å². The highest BCUT2D eigenvalue weighted by atomic mass is 19.4. The number of halogens is 3. The Labute approximate surface area is 179 Å². The summed E-state index contributed by atoms with van der Waals surface area (Å²) in [6, 6.07) is 8.93. The second-order valence-electron chi connectivity index (χ2n) is 8.57. The Hall–Kier alpha value is -2.86. The third kappa shape index (κ3) is 5.85. The van der Waals surface area contributed by atoms with Gasteiger partial charge in [0.05, 0.1) is 17.7 Å². The van der Waals surface area contributed by atoms with Crippen LogP contribution < -0.4 is 10.6 Å². The summed E-state index contributed by atoms with van der Waals surface area (Å²) in [5.41, 5.74) is 0.259. The zero-order valence-electron chi connectivity index (χ0n) is 17.5. The molecule has 6 nitrogen and oxygen atoms in total. The number of nitrogens with zero attached hydrogens (tertiary/aromatic N) is 3. The summed E-state index contributed by atoms with van der Waals surface area (Å²) in [6.07, 6.45) is -2.03. The SMILES string of the molecule is CC1(C)C[C@H](Nc2nc(NCCc3ccc(C#N)cc3)ncc2C(F)(F)F)CC[C@@H]1O. The first-order valence-corrected chi connectivity index (χ1v) is 10.2. The number of nitriles is 1. The first-order valence-electron chi connectivity index (χ1n) is 10.2. The van der Waals surface area contributed by atoms with Crippen molar-refractivity contribution in [3.63, 3.8) is 0 Å². The average Bonchev–Trinajstić information content (AvgIpc) is 2.70. The molecular weight excluding hydrogens is 407 g/mol. The van der Waals surface area contributed by atoms with Crippen molar-refractivity contribution in [3.8, 4) is 6.07 Å². The molecule has 1 saturated carbocycles. The number of anilines is 2. The first kappa shape index (κ1) is 22.8. The molecule has 0 saturated heterocycles. The van der Waals surface area contributed by atoms with E-state index in [1.807, 2.05) is 26.0 Å². The fourth-order valence-electron chi connectivity index (χ4n) is 3.79. The van der Waals surface area contributed by atoms with Crippen LogP contribution in [0.2, 0.25) is 0 Å². The van der Waals surface area contributed by atoms with Gasteiger partial charge in [0.25, 0.3) is 0 Å². The Morgan fingerprint density at radius 2 is 1.94 bits per heavy atom. The van der Waals surface area contributed by atoms with Crippen molar-refractivity contribution in [3.05, 3.63) is 47.2 Å². The molecule has 166 valence electrons. The van der Waals surface area contributed by atoms with Gasteiger partial charge in [0.15, 0.2) is 0 Å². The van der Waals surface area contributed by atoms with E-state index in [1.54, 1.807) is 12.1 Å². The maximum absolute atomic E-state index is 13.5. The highest BCUT2D eigenvalue weighted by molar-refractivity contribution is 5.49. The smallest absolute Gasteiger partial charge is 0.393 e. The molecule has 3 rings (SSSR count). The van der Waals surface area contributed by atoms with Crippen LogP contribution in [0.3, 0.4) is 0 Å². The third-order valence-electron chi connectivity index (χ3n) is 5.68. The van der Waals surface area contributed by atoms with Crippen LogP contribution in [0.15, 0.2) is 30.5 Å². The molecule has 1 heterocycles. The van der Waals surface area contributed by atoms with Crippen molar-refractivity contribution >= 4 is 11.8 Å². The van der Waals surface area contributed by atoms with Crippen LogP contribution in [0, 0.1) is 16.7 Å². The standard InChI is InChI=1S/C22H26F3N5O/c1-21(2)11-16(7-8-18(21)31)29-19-17(22(23,24)25)13-28-20(30-19)27-10-9-14-3-5-15(12-26)6-4-14/h3-6,13,16,18,31H,7-11H2,1-2H3,(H2,27,28,29,30)/t16-,18+/m1/s1. The second kappa shape index (κ2) is 9.10. The maximum Gasteiger partial charge on any atom is 0.421 e. The van der Waals surface area contributed by atoms with Crippen LogP contribution in [0.1, 0.15) is 49.8 Å². The minimum atomic E-state index is -4.58. The molecule has 0 aliphatic heterocycles. The van der Waals surface area contributed by atoms with Crippen LogP contribution >= 0.6 is 0 Å². The van der Waals surface area contributed by atoms with Crippen LogP contribution in [-0.4, -0.2) is 33.8 Å². The maximum atomic E-state index is 13.5. The van der Waals surface area contributed by atoms with Crippen LogP contribution in [0.5, 0.6) is 0 Å². The quantitative estimate of drug-likeness (QED) is 0.626. The molecule has 0 spiro atoms. The van der Waals surface area contributed by atoms with Gasteiger partial charge in [-0.2, -0.15) is 23.4 Å². The van der Waals surface area contributed by atoms with Crippen molar-refractivity contribution in [2.45, 2.75) is 57.9 Å². The predicted octanol–water partition coefficient (Wildman–Crippen LogP) is 4.37. The Morgan fingerprint density at radius 3 is 2.55 bits per heavy atom. The summed E-state index contributed by atoms with van der Waals surface area (Å²) in [4.78, 5) is 7.93.